The molecule has 0 saturated carbocycles. The van der Waals surface area contributed by atoms with Gasteiger partial charge in [-0.05, 0) is 47.9 Å². The number of aromatic nitrogens is 2. The molecule has 5 nitrogen and oxygen atoms in total. The van der Waals surface area contributed by atoms with Crippen molar-refractivity contribution in [2.45, 2.75) is 25.3 Å². The lowest BCUT2D eigenvalue weighted by atomic mass is 9.97. The lowest BCUT2D eigenvalue weighted by Crippen LogP contribution is -2.36. The number of carbonyl (C=O) groups excluding carboxylic acids is 1. The number of hydrogen-bond acceptors (Lipinski definition) is 3. The Bertz CT molecular complexity index is 1130. The summed E-state index contributed by atoms with van der Waals surface area (Å²) in [4.78, 5) is 19.3. The summed E-state index contributed by atoms with van der Waals surface area (Å²) in [5.41, 5.74) is 1.84. The van der Waals surface area contributed by atoms with Gasteiger partial charge in [0.1, 0.15) is 5.69 Å². The Balaban J connectivity index is 1.50. The molecule has 0 saturated heterocycles. The van der Waals surface area contributed by atoms with Crippen LogP contribution in [-0.4, -0.2) is 27.3 Å². The van der Waals surface area contributed by atoms with Crippen molar-refractivity contribution in [2.75, 3.05) is 11.9 Å². The summed E-state index contributed by atoms with van der Waals surface area (Å²) in [7, 11) is 0. The number of nitrogens with one attached hydrogen (secondary N) is 2. The van der Waals surface area contributed by atoms with Gasteiger partial charge in [0.25, 0.3) is 5.91 Å². The molecule has 0 fully saturated rings. The first-order valence-corrected chi connectivity index (χ1v) is 9.49. The average molecular weight is 454 g/mol. The van der Waals surface area contributed by atoms with Crippen LogP contribution in [0.2, 0.25) is 0 Å². The summed E-state index contributed by atoms with van der Waals surface area (Å²) < 4.78 is 76.4. The summed E-state index contributed by atoms with van der Waals surface area (Å²) in [6.07, 6.45) is -7.81. The fourth-order valence-electron chi connectivity index (χ4n) is 3.54. The van der Waals surface area contributed by atoms with Gasteiger partial charge in [0, 0.05) is 24.5 Å². The van der Waals surface area contributed by atoms with E-state index in [1.165, 1.54) is 17.0 Å². The largest absolute Gasteiger partial charge is 0.449 e. The van der Waals surface area contributed by atoms with Crippen molar-refractivity contribution in [3.8, 4) is 0 Å². The van der Waals surface area contributed by atoms with Gasteiger partial charge in [-0.25, -0.2) is 4.98 Å². The monoisotopic (exact) mass is 454 g/mol. The normalized spacial score (nSPS) is 14.2. The highest BCUT2D eigenvalue weighted by atomic mass is 19.4. The number of benzene rings is 2. The Morgan fingerprint density at radius 1 is 1.00 bits per heavy atom. The SMILES string of the molecule is O=C(c1cnc(C(F)(F)F)[nH]1)N1CCc2c(cccc2Nc2ccc(C(F)(F)F)cc2)C1. The highest BCUT2D eigenvalue weighted by molar-refractivity contribution is 5.92. The molecule has 0 atom stereocenters. The van der Waals surface area contributed by atoms with Crippen molar-refractivity contribution >= 4 is 17.3 Å². The minimum Gasteiger partial charge on any atom is -0.355 e. The van der Waals surface area contributed by atoms with E-state index in [0.717, 1.165) is 29.5 Å². The number of aromatic amines is 1. The van der Waals surface area contributed by atoms with Gasteiger partial charge in [-0.1, -0.05) is 12.1 Å². The van der Waals surface area contributed by atoms with Crippen LogP contribution in [0.15, 0.2) is 48.7 Å². The predicted molar refractivity (Wildman–Crippen MR) is 103 cm³/mol. The van der Waals surface area contributed by atoms with Gasteiger partial charge in [0.05, 0.1) is 11.8 Å². The van der Waals surface area contributed by atoms with E-state index < -0.39 is 29.6 Å². The van der Waals surface area contributed by atoms with Crippen molar-refractivity contribution in [1.82, 2.24) is 14.9 Å². The molecule has 0 radical (unpaired) electrons. The molecule has 0 bridgehead atoms. The average Bonchev–Trinajstić information content (AvgIpc) is 3.24. The zero-order valence-electron chi connectivity index (χ0n) is 16.3. The lowest BCUT2D eigenvalue weighted by molar-refractivity contribution is -0.144. The maximum absolute atomic E-state index is 12.7. The maximum Gasteiger partial charge on any atom is 0.449 e. The summed E-state index contributed by atoms with van der Waals surface area (Å²) in [6, 6.07) is 9.93. The Kier molecular flexibility index (Phi) is 5.35. The first-order chi connectivity index (χ1) is 15.0. The van der Waals surface area contributed by atoms with Crippen molar-refractivity contribution < 1.29 is 31.1 Å². The molecule has 2 N–H and O–H groups in total. The van der Waals surface area contributed by atoms with E-state index in [0.29, 0.717) is 17.8 Å². The zero-order chi connectivity index (χ0) is 23.1. The number of halogens is 6. The number of rotatable bonds is 3. The Morgan fingerprint density at radius 2 is 1.72 bits per heavy atom. The second-order valence-electron chi connectivity index (χ2n) is 7.26. The molecule has 4 rings (SSSR count). The highest BCUT2D eigenvalue weighted by Gasteiger charge is 2.36. The molecule has 2 aromatic carbocycles. The van der Waals surface area contributed by atoms with E-state index >= 15 is 0 Å². The zero-order valence-corrected chi connectivity index (χ0v) is 16.3. The number of H-pyrrole nitrogens is 1. The van der Waals surface area contributed by atoms with Crippen LogP contribution in [0, 0.1) is 0 Å². The molecule has 1 aromatic heterocycles. The number of alkyl halides is 6. The fourth-order valence-corrected chi connectivity index (χ4v) is 3.54. The number of fused-ring (bicyclic) bond motifs is 1. The molecule has 0 unspecified atom stereocenters. The van der Waals surface area contributed by atoms with Crippen LogP contribution in [0.4, 0.5) is 37.7 Å². The molecule has 0 spiro atoms. The van der Waals surface area contributed by atoms with E-state index in [4.69, 9.17) is 0 Å². The molecule has 2 heterocycles. The van der Waals surface area contributed by atoms with Crippen LogP contribution in [-0.2, 0) is 25.3 Å². The third kappa shape index (κ3) is 4.41. The van der Waals surface area contributed by atoms with Crippen molar-refractivity contribution in [3.05, 3.63) is 76.9 Å². The summed E-state index contributed by atoms with van der Waals surface area (Å²) >= 11 is 0. The van der Waals surface area contributed by atoms with Crippen molar-refractivity contribution in [3.63, 3.8) is 0 Å². The molecular weight excluding hydrogens is 438 g/mol. The Morgan fingerprint density at radius 3 is 2.34 bits per heavy atom. The predicted octanol–water partition coefficient (Wildman–Crippen LogP) is 5.39. The number of imidazole rings is 1. The summed E-state index contributed by atoms with van der Waals surface area (Å²) in [5, 5.41) is 3.09. The second-order valence-corrected chi connectivity index (χ2v) is 7.26. The minimum absolute atomic E-state index is 0.178. The van der Waals surface area contributed by atoms with E-state index in [1.807, 2.05) is 4.98 Å². The van der Waals surface area contributed by atoms with E-state index in [2.05, 4.69) is 10.3 Å². The summed E-state index contributed by atoms with van der Waals surface area (Å²) in [6.45, 7) is 0.439. The van der Waals surface area contributed by atoms with Crippen LogP contribution in [0.5, 0.6) is 0 Å². The third-order valence-corrected chi connectivity index (χ3v) is 5.12. The van der Waals surface area contributed by atoms with Crippen LogP contribution in [0.25, 0.3) is 0 Å². The lowest BCUT2D eigenvalue weighted by Gasteiger charge is -2.30. The second kappa shape index (κ2) is 7.88. The van der Waals surface area contributed by atoms with Crippen molar-refractivity contribution in [2.24, 2.45) is 0 Å². The quantitative estimate of drug-likeness (QED) is 0.522. The number of amides is 1. The van der Waals surface area contributed by atoms with Gasteiger partial charge < -0.3 is 15.2 Å². The molecule has 11 heteroatoms. The van der Waals surface area contributed by atoms with E-state index in [9.17, 15) is 31.1 Å². The number of carbonyl (C=O) groups is 1. The van der Waals surface area contributed by atoms with Crippen LogP contribution < -0.4 is 5.32 Å². The molecule has 1 aliphatic rings. The fraction of sp³-hybridized carbons (Fsp3) is 0.238. The van der Waals surface area contributed by atoms with E-state index in [-0.39, 0.29) is 18.8 Å². The van der Waals surface area contributed by atoms with Crippen molar-refractivity contribution in [1.29, 1.82) is 0 Å². The smallest absolute Gasteiger partial charge is 0.355 e. The van der Waals surface area contributed by atoms with E-state index in [1.54, 1.807) is 18.2 Å². The first-order valence-electron chi connectivity index (χ1n) is 9.49. The molecule has 32 heavy (non-hydrogen) atoms. The number of hydrogen-bond donors (Lipinski definition) is 2. The highest BCUT2D eigenvalue weighted by Crippen LogP contribution is 2.33. The maximum atomic E-state index is 12.7. The Hall–Kier alpha value is -3.50. The van der Waals surface area contributed by atoms with Crippen LogP contribution >= 0.6 is 0 Å². The van der Waals surface area contributed by atoms with Crippen LogP contribution in [0.3, 0.4) is 0 Å². The topological polar surface area (TPSA) is 61.0 Å². The molecule has 3 aromatic rings. The number of nitrogens with zero attached hydrogens (tertiary/aromatic N) is 2. The molecule has 168 valence electrons. The standard InChI is InChI=1S/C21H16F6N4O/c22-20(23,24)13-4-6-14(7-5-13)29-16-3-1-2-12-11-31(9-8-15(12)16)18(32)17-10-28-19(30-17)21(25,26)27/h1-7,10,29H,8-9,11H2,(H,28,30). The van der Waals surface area contributed by atoms with Gasteiger partial charge in [-0.15, -0.1) is 0 Å². The Labute approximate surface area is 178 Å². The third-order valence-electron chi connectivity index (χ3n) is 5.12. The summed E-state index contributed by atoms with van der Waals surface area (Å²) in [5.74, 6) is -1.83. The van der Waals surface area contributed by atoms with Gasteiger partial charge in [0.2, 0.25) is 5.82 Å². The molecule has 0 aliphatic carbocycles. The first kappa shape index (κ1) is 21.7. The molecular formula is C21H16F6N4O. The van der Waals surface area contributed by atoms with Gasteiger partial charge >= 0.3 is 12.4 Å². The van der Waals surface area contributed by atoms with Gasteiger partial charge in [0.15, 0.2) is 0 Å². The minimum atomic E-state index is -4.67. The number of anilines is 2. The van der Waals surface area contributed by atoms with Gasteiger partial charge in [-0.2, -0.15) is 26.3 Å². The molecule has 1 amide bonds. The van der Waals surface area contributed by atoms with Crippen LogP contribution in [0.1, 0.15) is 33.0 Å². The molecule has 1 aliphatic heterocycles. The van der Waals surface area contributed by atoms with Gasteiger partial charge in [-0.3, -0.25) is 4.79 Å².